The smallest absolute Gasteiger partial charge is 0.313 e. The minimum absolute atomic E-state index is 0.137. The molecule has 0 radical (unpaired) electrons. The monoisotopic (exact) mass is 311 g/mol. The number of carbonyl (C=O) groups is 1. The van der Waals surface area contributed by atoms with Crippen molar-refractivity contribution in [2.75, 3.05) is 27.2 Å². The Labute approximate surface area is 138 Å². The molecule has 0 aliphatic rings. The van der Waals surface area contributed by atoms with Gasteiger partial charge in [0.15, 0.2) is 0 Å². The van der Waals surface area contributed by atoms with Crippen LogP contribution in [0.3, 0.4) is 0 Å². The highest BCUT2D eigenvalue weighted by Gasteiger charge is 2.20. The quantitative estimate of drug-likeness (QED) is 0.725. The van der Waals surface area contributed by atoms with Crippen LogP contribution in [0.1, 0.15) is 24.8 Å². The van der Waals surface area contributed by atoms with Gasteiger partial charge in [0.25, 0.3) is 0 Å². The predicted molar refractivity (Wildman–Crippen MR) is 94.4 cm³/mol. The van der Waals surface area contributed by atoms with Gasteiger partial charge in [0, 0.05) is 6.54 Å². The first-order valence-corrected chi connectivity index (χ1v) is 8.08. The van der Waals surface area contributed by atoms with Gasteiger partial charge in [-0.2, -0.15) is 0 Å². The fourth-order valence-corrected chi connectivity index (χ4v) is 2.51. The molecule has 2 aromatic rings. The van der Waals surface area contributed by atoms with Crippen LogP contribution in [0, 0.1) is 0 Å². The van der Waals surface area contributed by atoms with Crippen LogP contribution in [0.5, 0.6) is 0 Å². The van der Waals surface area contributed by atoms with Gasteiger partial charge in [0.1, 0.15) is 6.61 Å². The lowest BCUT2D eigenvalue weighted by molar-refractivity contribution is -0.145. The topological polar surface area (TPSA) is 29.5 Å². The van der Waals surface area contributed by atoms with Crippen molar-refractivity contribution in [1.29, 1.82) is 0 Å². The lowest BCUT2D eigenvalue weighted by Crippen LogP contribution is -2.23. The second-order valence-corrected chi connectivity index (χ2v) is 5.92. The van der Waals surface area contributed by atoms with Gasteiger partial charge in [0.05, 0.1) is 5.92 Å². The van der Waals surface area contributed by atoms with Crippen LogP contribution in [-0.4, -0.2) is 38.1 Å². The van der Waals surface area contributed by atoms with E-state index in [-0.39, 0.29) is 11.9 Å². The van der Waals surface area contributed by atoms with Gasteiger partial charge in [-0.3, -0.25) is 4.79 Å². The van der Waals surface area contributed by atoms with Gasteiger partial charge in [-0.1, -0.05) is 61.5 Å². The van der Waals surface area contributed by atoms with Crippen molar-refractivity contribution in [3.05, 3.63) is 60.2 Å². The molecule has 0 saturated carbocycles. The Bertz CT molecular complexity index is 605. The summed E-state index contributed by atoms with van der Waals surface area (Å²) in [6, 6.07) is 18.4. The second kappa shape index (κ2) is 8.49. The van der Waals surface area contributed by atoms with Crippen molar-refractivity contribution in [3.63, 3.8) is 0 Å². The molecule has 0 saturated heterocycles. The zero-order valence-corrected chi connectivity index (χ0v) is 14.2. The number of rotatable bonds is 7. The Morgan fingerprint density at radius 3 is 2.17 bits per heavy atom. The molecule has 122 valence electrons. The average molecular weight is 311 g/mol. The third kappa shape index (κ3) is 4.93. The summed E-state index contributed by atoms with van der Waals surface area (Å²) in [5.74, 6) is -0.330. The maximum atomic E-state index is 12.3. The largest absolute Gasteiger partial charge is 0.464 e. The van der Waals surface area contributed by atoms with E-state index in [1.807, 2.05) is 56.3 Å². The van der Waals surface area contributed by atoms with Crippen LogP contribution in [0.2, 0.25) is 0 Å². The Hall–Kier alpha value is -2.13. The summed E-state index contributed by atoms with van der Waals surface area (Å²) >= 11 is 0. The van der Waals surface area contributed by atoms with Crippen molar-refractivity contribution >= 4 is 5.97 Å². The molecule has 0 aromatic heterocycles. The van der Waals surface area contributed by atoms with Crippen molar-refractivity contribution in [2.24, 2.45) is 0 Å². The molecule has 0 N–H and O–H groups in total. The highest BCUT2D eigenvalue weighted by molar-refractivity contribution is 5.78. The molecule has 23 heavy (non-hydrogen) atoms. The maximum Gasteiger partial charge on any atom is 0.313 e. The Morgan fingerprint density at radius 2 is 1.61 bits per heavy atom. The van der Waals surface area contributed by atoms with Crippen molar-refractivity contribution < 1.29 is 9.53 Å². The molecule has 1 atom stereocenters. The number of hydrogen-bond donors (Lipinski definition) is 0. The number of esters is 1. The van der Waals surface area contributed by atoms with Gasteiger partial charge in [-0.05, 0) is 37.2 Å². The van der Waals surface area contributed by atoms with Crippen LogP contribution in [-0.2, 0) is 9.53 Å². The molecule has 0 spiro atoms. The van der Waals surface area contributed by atoms with E-state index in [2.05, 4.69) is 24.3 Å². The highest BCUT2D eigenvalue weighted by atomic mass is 16.5. The number of nitrogens with zero attached hydrogens (tertiary/aromatic N) is 1. The van der Waals surface area contributed by atoms with E-state index < -0.39 is 0 Å². The van der Waals surface area contributed by atoms with E-state index in [0.717, 1.165) is 24.1 Å². The summed E-state index contributed by atoms with van der Waals surface area (Å²) < 4.78 is 5.39. The number of carbonyl (C=O) groups excluding carboxylic acids is 1. The number of likely N-dealkylation sites (N-methyl/N-ethyl adjacent to an activating group) is 1. The molecule has 1 unspecified atom stereocenters. The molecule has 3 heteroatoms. The summed E-state index contributed by atoms with van der Waals surface area (Å²) in [7, 11) is 3.93. The number of hydrogen-bond acceptors (Lipinski definition) is 3. The Balaban J connectivity index is 2.05. The summed E-state index contributed by atoms with van der Waals surface area (Å²) in [4.78, 5) is 14.3. The van der Waals surface area contributed by atoms with Crippen LogP contribution in [0.4, 0.5) is 0 Å². The normalized spacial score (nSPS) is 12.2. The molecule has 2 rings (SSSR count). The third-order valence-corrected chi connectivity index (χ3v) is 3.90. The van der Waals surface area contributed by atoms with E-state index in [1.165, 1.54) is 5.56 Å². The van der Waals surface area contributed by atoms with E-state index in [1.54, 1.807) is 0 Å². The van der Waals surface area contributed by atoms with E-state index in [9.17, 15) is 4.79 Å². The highest BCUT2D eigenvalue weighted by Crippen LogP contribution is 2.25. The zero-order valence-electron chi connectivity index (χ0n) is 14.2. The van der Waals surface area contributed by atoms with Crippen molar-refractivity contribution in [3.8, 4) is 11.1 Å². The standard InChI is InChI=1S/C20H25NO2/c1-4-19(20(22)23-15-14-21(2)3)18-12-10-17(11-13-18)16-8-6-5-7-9-16/h5-13,19H,4,14-15H2,1-3H3. The fourth-order valence-electron chi connectivity index (χ4n) is 2.51. The Kier molecular flexibility index (Phi) is 6.36. The first kappa shape index (κ1) is 17.2. The van der Waals surface area contributed by atoms with Gasteiger partial charge in [0.2, 0.25) is 0 Å². The first-order valence-electron chi connectivity index (χ1n) is 8.08. The summed E-state index contributed by atoms with van der Waals surface area (Å²) in [5, 5.41) is 0. The van der Waals surface area contributed by atoms with Gasteiger partial charge in [-0.25, -0.2) is 0 Å². The van der Waals surface area contributed by atoms with Crippen molar-refractivity contribution in [2.45, 2.75) is 19.3 Å². The van der Waals surface area contributed by atoms with Crippen LogP contribution < -0.4 is 0 Å². The molecule has 0 aliphatic carbocycles. The third-order valence-electron chi connectivity index (χ3n) is 3.90. The molecule has 2 aromatic carbocycles. The van der Waals surface area contributed by atoms with E-state index >= 15 is 0 Å². The van der Waals surface area contributed by atoms with Gasteiger partial charge < -0.3 is 9.64 Å². The molecular formula is C20H25NO2. The summed E-state index contributed by atoms with van der Waals surface area (Å²) in [5.41, 5.74) is 3.35. The minimum Gasteiger partial charge on any atom is -0.464 e. The van der Waals surface area contributed by atoms with E-state index in [4.69, 9.17) is 4.74 Å². The fraction of sp³-hybridized carbons (Fsp3) is 0.350. The van der Waals surface area contributed by atoms with Crippen LogP contribution in [0.15, 0.2) is 54.6 Å². The maximum absolute atomic E-state index is 12.3. The molecule has 3 nitrogen and oxygen atoms in total. The molecule has 0 fully saturated rings. The molecule has 0 heterocycles. The van der Waals surface area contributed by atoms with Gasteiger partial charge >= 0.3 is 5.97 Å². The second-order valence-electron chi connectivity index (χ2n) is 5.92. The molecule has 0 bridgehead atoms. The lowest BCUT2D eigenvalue weighted by Gasteiger charge is -2.16. The molecular weight excluding hydrogens is 286 g/mol. The van der Waals surface area contributed by atoms with Crippen molar-refractivity contribution in [1.82, 2.24) is 4.90 Å². The number of ether oxygens (including phenoxy) is 1. The van der Waals surface area contributed by atoms with Crippen LogP contribution >= 0.6 is 0 Å². The van der Waals surface area contributed by atoms with Crippen LogP contribution in [0.25, 0.3) is 11.1 Å². The Morgan fingerprint density at radius 1 is 1.00 bits per heavy atom. The lowest BCUT2D eigenvalue weighted by atomic mass is 9.94. The van der Waals surface area contributed by atoms with Gasteiger partial charge in [-0.15, -0.1) is 0 Å². The minimum atomic E-state index is -0.193. The zero-order chi connectivity index (χ0) is 16.7. The van der Waals surface area contributed by atoms with E-state index in [0.29, 0.717) is 6.61 Å². The SMILES string of the molecule is CCC(C(=O)OCCN(C)C)c1ccc(-c2ccccc2)cc1. The summed E-state index contributed by atoms with van der Waals surface area (Å²) in [6.07, 6.45) is 0.742. The molecule has 0 amide bonds. The number of benzene rings is 2. The molecule has 0 aliphatic heterocycles. The first-order chi connectivity index (χ1) is 11.1. The summed E-state index contributed by atoms with van der Waals surface area (Å²) in [6.45, 7) is 3.20. The predicted octanol–water partition coefficient (Wildman–Crippen LogP) is 3.95. The average Bonchev–Trinajstić information content (AvgIpc) is 2.56.